The summed E-state index contributed by atoms with van der Waals surface area (Å²) < 4.78 is 0. The van der Waals surface area contributed by atoms with Crippen LogP contribution in [0.5, 0.6) is 0 Å². The van der Waals surface area contributed by atoms with Gasteiger partial charge in [-0.3, -0.25) is 0 Å². The molecule has 0 saturated carbocycles. The van der Waals surface area contributed by atoms with Crippen LogP contribution in [0.2, 0.25) is 0 Å². The third kappa shape index (κ3) is 6.31. The molecule has 0 aliphatic carbocycles. The van der Waals surface area contributed by atoms with Crippen molar-refractivity contribution in [3.05, 3.63) is 6.92 Å². The summed E-state index contributed by atoms with van der Waals surface area (Å²) >= 11 is 1.55. The molecule has 2 heteroatoms. The van der Waals surface area contributed by atoms with E-state index in [-0.39, 0.29) is 5.94 Å². The van der Waals surface area contributed by atoms with E-state index in [4.69, 9.17) is 5.11 Å². The second-order valence-electron chi connectivity index (χ2n) is 1.24. The van der Waals surface area contributed by atoms with Crippen LogP contribution in [0.3, 0.4) is 0 Å². The van der Waals surface area contributed by atoms with Crippen LogP contribution in [0.15, 0.2) is 0 Å². The lowest BCUT2D eigenvalue weighted by molar-refractivity contribution is 0.375. The van der Waals surface area contributed by atoms with E-state index in [1.54, 1.807) is 11.8 Å². The van der Waals surface area contributed by atoms with Gasteiger partial charge in [-0.2, -0.15) is 0 Å². The van der Waals surface area contributed by atoms with Crippen LogP contribution in [0, 0.1) is 6.92 Å². The van der Waals surface area contributed by atoms with Crippen LogP contribution in [-0.4, -0.2) is 16.8 Å². The molecular weight excluding hydrogens is 108 g/mol. The molecule has 43 valence electrons. The Bertz CT molecular complexity index is 27.3. The molecule has 0 rings (SSSR count). The van der Waals surface area contributed by atoms with Gasteiger partial charge >= 0.3 is 0 Å². The normalized spacial score (nSPS) is 9.43. The highest BCUT2D eigenvalue weighted by Gasteiger charge is 1.80. The largest absolute Gasteiger partial charge is 0.386 e. The van der Waals surface area contributed by atoms with Gasteiger partial charge in [-0.25, -0.2) is 0 Å². The third-order valence-corrected chi connectivity index (χ3v) is 1.39. The number of aliphatic hydroxyl groups is 1. The number of hydrogen-bond donors (Lipinski definition) is 1. The lowest BCUT2D eigenvalue weighted by Crippen LogP contribution is -1.78. The SMILES string of the molecule is [CH2]CCCSCO. The monoisotopic (exact) mass is 119 g/mol. The van der Waals surface area contributed by atoms with Crippen LogP contribution in [-0.2, 0) is 0 Å². The van der Waals surface area contributed by atoms with Gasteiger partial charge in [-0.05, 0) is 12.2 Å². The first kappa shape index (κ1) is 7.31. The quantitative estimate of drug-likeness (QED) is 0.444. The predicted molar refractivity (Wildman–Crippen MR) is 34.1 cm³/mol. The molecule has 0 aromatic rings. The first-order valence-electron chi connectivity index (χ1n) is 2.39. The zero-order chi connectivity index (χ0) is 5.54. The van der Waals surface area contributed by atoms with E-state index < -0.39 is 0 Å². The van der Waals surface area contributed by atoms with E-state index in [1.807, 2.05) is 0 Å². The highest BCUT2D eigenvalue weighted by atomic mass is 32.2. The maximum absolute atomic E-state index is 8.24. The minimum Gasteiger partial charge on any atom is -0.386 e. The number of aliphatic hydroxyl groups excluding tert-OH is 1. The average Bonchev–Trinajstić information content (AvgIpc) is 1.69. The summed E-state index contributed by atoms with van der Waals surface area (Å²) in [6.45, 7) is 3.66. The molecule has 0 aliphatic heterocycles. The van der Waals surface area contributed by atoms with Crippen LogP contribution < -0.4 is 0 Å². The Balaban J connectivity index is 2.45. The fourth-order valence-electron chi connectivity index (χ4n) is 0.269. The van der Waals surface area contributed by atoms with Crippen molar-refractivity contribution in [2.75, 3.05) is 11.7 Å². The maximum Gasteiger partial charge on any atom is 0.0885 e. The number of rotatable bonds is 4. The zero-order valence-corrected chi connectivity index (χ0v) is 5.21. The molecule has 0 aromatic carbocycles. The second-order valence-corrected chi connectivity index (χ2v) is 2.32. The molecule has 0 heterocycles. The standard InChI is InChI=1S/C5H11OS/c1-2-3-4-7-5-6/h6H,1-5H2. The van der Waals surface area contributed by atoms with Crippen LogP contribution in [0.25, 0.3) is 0 Å². The fraction of sp³-hybridized carbons (Fsp3) is 0.800. The van der Waals surface area contributed by atoms with Crippen molar-refractivity contribution in [2.24, 2.45) is 0 Å². The average molecular weight is 119 g/mol. The summed E-state index contributed by atoms with van der Waals surface area (Å²) in [7, 11) is 0. The Morgan fingerprint density at radius 1 is 1.57 bits per heavy atom. The number of hydrogen-bond acceptors (Lipinski definition) is 2. The predicted octanol–water partition coefficient (Wildman–Crippen LogP) is 1.28. The van der Waals surface area contributed by atoms with Gasteiger partial charge in [0, 0.05) is 0 Å². The lowest BCUT2D eigenvalue weighted by atomic mass is 10.4. The Morgan fingerprint density at radius 2 is 2.29 bits per heavy atom. The Kier molecular flexibility index (Phi) is 6.59. The molecule has 1 radical (unpaired) electrons. The van der Waals surface area contributed by atoms with Crippen molar-refractivity contribution < 1.29 is 5.11 Å². The van der Waals surface area contributed by atoms with E-state index in [0.717, 1.165) is 18.6 Å². The Morgan fingerprint density at radius 3 is 2.71 bits per heavy atom. The molecular formula is C5H11OS. The van der Waals surface area contributed by atoms with Crippen molar-refractivity contribution >= 4 is 11.8 Å². The van der Waals surface area contributed by atoms with Crippen LogP contribution in [0.1, 0.15) is 12.8 Å². The highest BCUT2D eigenvalue weighted by molar-refractivity contribution is 7.99. The number of thioether (sulfide) groups is 1. The first-order chi connectivity index (χ1) is 3.41. The van der Waals surface area contributed by atoms with Crippen LogP contribution >= 0.6 is 11.8 Å². The van der Waals surface area contributed by atoms with Crippen molar-refractivity contribution in [3.63, 3.8) is 0 Å². The molecule has 0 amide bonds. The molecule has 7 heavy (non-hydrogen) atoms. The minimum atomic E-state index is 0.250. The van der Waals surface area contributed by atoms with Gasteiger partial charge < -0.3 is 5.11 Å². The Labute approximate surface area is 49.1 Å². The molecule has 0 aliphatic rings. The van der Waals surface area contributed by atoms with E-state index in [9.17, 15) is 0 Å². The summed E-state index contributed by atoms with van der Waals surface area (Å²) in [6.07, 6.45) is 2.10. The van der Waals surface area contributed by atoms with Gasteiger partial charge in [-0.1, -0.05) is 13.3 Å². The summed E-state index contributed by atoms with van der Waals surface area (Å²) in [6, 6.07) is 0. The molecule has 0 saturated heterocycles. The van der Waals surface area contributed by atoms with Crippen molar-refractivity contribution in [1.29, 1.82) is 0 Å². The third-order valence-electron chi connectivity index (χ3n) is 0.630. The topological polar surface area (TPSA) is 20.2 Å². The molecule has 1 N–H and O–H groups in total. The van der Waals surface area contributed by atoms with E-state index in [2.05, 4.69) is 6.92 Å². The fourth-order valence-corrected chi connectivity index (χ4v) is 0.806. The van der Waals surface area contributed by atoms with Gasteiger partial charge in [-0.15, -0.1) is 11.8 Å². The smallest absolute Gasteiger partial charge is 0.0885 e. The minimum absolute atomic E-state index is 0.250. The molecule has 0 aromatic heterocycles. The molecule has 1 nitrogen and oxygen atoms in total. The molecule has 0 bridgehead atoms. The van der Waals surface area contributed by atoms with Crippen molar-refractivity contribution in [2.45, 2.75) is 12.8 Å². The van der Waals surface area contributed by atoms with E-state index in [1.165, 1.54) is 0 Å². The summed E-state index contributed by atoms with van der Waals surface area (Å²) in [4.78, 5) is 0. The van der Waals surface area contributed by atoms with Crippen LogP contribution in [0.4, 0.5) is 0 Å². The molecule has 0 fully saturated rings. The zero-order valence-electron chi connectivity index (χ0n) is 4.39. The molecule has 0 spiro atoms. The van der Waals surface area contributed by atoms with Crippen molar-refractivity contribution in [1.82, 2.24) is 0 Å². The van der Waals surface area contributed by atoms with Gasteiger partial charge in [0.15, 0.2) is 0 Å². The molecule has 0 unspecified atom stereocenters. The summed E-state index contributed by atoms with van der Waals surface area (Å²) in [5.41, 5.74) is 0. The summed E-state index contributed by atoms with van der Waals surface area (Å²) in [5, 5.41) is 8.24. The maximum atomic E-state index is 8.24. The number of unbranched alkanes of at least 4 members (excludes halogenated alkanes) is 1. The first-order valence-corrected chi connectivity index (χ1v) is 3.55. The van der Waals surface area contributed by atoms with Gasteiger partial charge in [0.05, 0.1) is 5.94 Å². The summed E-state index contributed by atoms with van der Waals surface area (Å²) in [5.74, 6) is 1.29. The van der Waals surface area contributed by atoms with Gasteiger partial charge in [0.2, 0.25) is 0 Å². The lowest BCUT2D eigenvalue weighted by Gasteiger charge is -1.90. The van der Waals surface area contributed by atoms with Crippen molar-refractivity contribution in [3.8, 4) is 0 Å². The highest BCUT2D eigenvalue weighted by Crippen LogP contribution is 2.00. The van der Waals surface area contributed by atoms with E-state index in [0.29, 0.717) is 0 Å². The van der Waals surface area contributed by atoms with E-state index >= 15 is 0 Å². The van der Waals surface area contributed by atoms with Gasteiger partial charge in [0.25, 0.3) is 0 Å². The Hall–Kier alpha value is 0.310. The molecule has 0 atom stereocenters. The van der Waals surface area contributed by atoms with Gasteiger partial charge in [0.1, 0.15) is 0 Å². The second kappa shape index (κ2) is 6.31.